The largest absolute Gasteiger partial charge is 0.394 e. The van der Waals surface area contributed by atoms with Gasteiger partial charge in [-0.25, -0.2) is 0 Å². The molecule has 5 nitrogen and oxygen atoms in total. The van der Waals surface area contributed by atoms with Crippen molar-refractivity contribution in [1.82, 2.24) is 5.32 Å². The van der Waals surface area contributed by atoms with Crippen LogP contribution in [0, 0.1) is 5.92 Å². The number of fused-ring (bicyclic) bond motifs is 1. The number of anilines is 1. The van der Waals surface area contributed by atoms with Gasteiger partial charge in [-0.15, -0.1) is 11.8 Å². The quantitative estimate of drug-likeness (QED) is 0.776. The fraction of sp³-hybridized carbons (Fsp3) is 0.467. The Bertz CT molecular complexity index is 546. The molecule has 114 valence electrons. The zero-order valence-corrected chi connectivity index (χ0v) is 13.0. The van der Waals surface area contributed by atoms with E-state index in [-0.39, 0.29) is 24.5 Å². The van der Waals surface area contributed by atoms with E-state index in [2.05, 4.69) is 10.6 Å². The van der Waals surface area contributed by atoms with Crippen molar-refractivity contribution in [2.45, 2.75) is 31.2 Å². The number of rotatable bonds is 5. The van der Waals surface area contributed by atoms with Crippen molar-refractivity contribution in [2.24, 2.45) is 5.92 Å². The summed E-state index contributed by atoms with van der Waals surface area (Å²) in [4.78, 5) is 24.6. The Morgan fingerprint density at radius 3 is 2.90 bits per heavy atom. The van der Waals surface area contributed by atoms with E-state index in [1.165, 1.54) is 11.8 Å². The van der Waals surface area contributed by atoms with E-state index in [1.807, 2.05) is 19.9 Å². The highest BCUT2D eigenvalue weighted by Gasteiger charge is 2.19. The van der Waals surface area contributed by atoms with Gasteiger partial charge in [0, 0.05) is 10.5 Å². The van der Waals surface area contributed by atoms with Crippen LogP contribution in [-0.4, -0.2) is 35.3 Å². The summed E-state index contributed by atoms with van der Waals surface area (Å²) < 4.78 is 0. The minimum absolute atomic E-state index is 0.0573. The van der Waals surface area contributed by atoms with Crippen LogP contribution in [0.4, 0.5) is 5.69 Å². The first-order chi connectivity index (χ1) is 9.99. The predicted molar refractivity (Wildman–Crippen MR) is 83.6 cm³/mol. The number of hydrogen-bond acceptors (Lipinski definition) is 4. The SMILES string of the molecule is CC(C)CC(CO)NC(=O)c1ccc2c(c1)NC(=O)CS2. The number of aliphatic hydroxyl groups excluding tert-OH is 1. The summed E-state index contributed by atoms with van der Waals surface area (Å²) >= 11 is 1.46. The lowest BCUT2D eigenvalue weighted by Crippen LogP contribution is -2.38. The molecule has 3 N–H and O–H groups in total. The molecule has 1 aromatic carbocycles. The van der Waals surface area contributed by atoms with Crippen LogP contribution in [0.5, 0.6) is 0 Å². The lowest BCUT2D eigenvalue weighted by atomic mass is 10.0. The average molecular weight is 308 g/mol. The molecular weight excluding hydrogens is 288 g/mol. The third-order valence-corrected chi connectivity index (χ3v) is 4.26. The lowest BCUT2D eigenvalue weighted by molar-refractivity contribution is -0.113. The summed E-state index contributed by atoms with van der Waals surface area (Å²) in [5.74, 6) is 0.501. The van der Waals surface area contributed by atoms with Gasteiger partial charge in [-0.05, 0) is 30.5 Å². The molecule has 2 amide bonds. The van der Waals surface area contributed by atoms with Crippen LogP contribution in [-0.2, 0) is 4.79 Å². The number of amides is 2. The van der Waals surface area contributed by atoms with E-state index in [4.69, 9.17) is 0 Å². The molecule has 6 heteroatoms. The van der Waals surface area contributed by atoms with Crippen molar-refractivity contribution in [3.05, 3.63) is 23.8 Å². The predicted octanol–water partition coefficient (Wildman–Crippen LogP) is 1.87. The number of hydrogen-bond donors (Lipinski definition) is 3. The Labute approximate surface area is 128 Å². The fourth-order valence-electron chi connectivity index (χ4n) is 2.24. The molecule has 1 heterocycles. The van der Waals surface area contributed by atoms with Crippen LogP contribution in [0.2, 0.25) is 0 Å². The first-order valence-corrected chi connectivity index (χ1v) is 7.96. The number of thioether (sulfide) groups is 1. The molecule has 2 rings (SSSR count). The topological polar surface area (TPSA) is 78.4 Å². The van der Waals surface area contributed by atoms with E-state index in [0.29, 0.717) is 22.9 Å². The van der Waals surface area contributed by atoms with Crippen molar-refractivity contribution in [2.75, 3.05) is 17.7 Å². The van der Waals surface area contributed by atoms with Gasteiger partial charge in [0.25, 0.3) is 5.91 Å². The monoisotopic (exact) mass is 308 g/mol. The number of benzene rings is 1. The van der Waals surface area contributed by atoms with E-state index in [0.717, 1.165) is 11.3 Å². The molecule has 0 saturated carbocycles. The maximum atomic E-state index is 12.2. The van der Waals surface area contributed by atoms with Crippen LogP contribution >= 0.6 is 11.8 Å². The maximum Gasteiger partial charge on any atom is 0.251 e. The van der Waals surface area contributed by atoms with Gasteiger partial charge >= 0.3 is 0 Å². The molecule has 0 fully saturated rings. The van der Waals surface area contributed by atoms with Gasteiger partial charge in [0.1, 0.15) is 0 Å². The van der Waals surface area contributed by atoms with Gasteiger partial charge in [-0.1, -0.05) is 13.8 Å². The second kappa shape index (κ2) is 6.95. The third-order valence-electron chi connectivity index (χ3n) is 3.19. The second-order valence-corrected chi connectivity index (χ2v) is 6.55. The first kappa shape index (κ1) is 15.9. The van der Waals surface area contributed by atoms with E-state index >= 15 is 0 Å². The number of carbonyl (C=O) groups is 2. The number of carbonyl (C=O) groups excluding carboxylic acids is 2. The Balaban J connectivity index is 2.09. The van der Waals surface area contributed by atoms with Crippen LogP contribution in [0.3, 0.4) is 0 Å². The van der Waals surface area contributed by atoms with Crippen LogP contribution in [0.1, 0.15) is 30.6 Å². The lowest BCUT2D eigenvalue weighted by Gasteiger charge is -2.20. The van der Waals surface area contributed by atoms with Gasteiger partial charge in [0.05, 0.1) is 24.1 Å². The molecule has 0 spiro atoms. The van der Waals surface area contributed by atoms with Crippen LogP contribution in [0.15, 0.2) is 23.1 Å². The van der Waals surface area contributed by atoms with Crippen molar-refractivity contribution in [3.63, 3.8) is 0 Å². The van der Waals surface area contributed by atoms with E-state index < -0.39 is 0 Å². The Morgan fingerprint density at radius 2 is 2.24 bits per heavy atom. The van der Waals surface area contributed by atoms with E-state index in [9.17, 15) is 14.7 Å². The second-order valence-electron chi connectivity index (χ2n) is 5.53. The van der Waals surface area contributed by atoms with Crippen molar-refractivity contribution >= 4 is 29.3 Å². The Hall–Kier alpha value is -1.53. The standard InChI is InChI=1S/C15H20N2O3S/c1-9(2)5-11(7-18)16-15(20)10-3-4-13-12(6-10)17-14(19)8-21-13/h3-4,6,9,11,18H,5,7-8H2,1-2H3,(H,16,20)(H,17,19). The maximum absolute atomic E-state index is 12.2. The van der Waals surface area contributed by atoms with Gasteiger partial charge in [-0.3, -0.25) is 9.59 Å². The summed E-state index contributed by atoms with van der Waals surface area (Å²) in [5, 5.41) is 14.9. The summed E-state index contributed by atoms with van der Waals surface area (Å²) in [5.41, 5.74) is 1.16. The molecule has 1 aliphatic rings. The van der Waals surface area contributed by atoms with Crippen molar-refractivity contribution < 1.29 is 14.7 Å². The summed E-state index contributed by atoms with van der Waals surface area (Å²) in [6.07, 6.45) is 0.722. The van der Waals surface area contributed by atoms with Crippen LogP contribution in [0.25, 0.3) is 0 Å². The highest BCUT2D eigenvalue weighted by molar-refractivity contribution is 8.00. The summed E-state index contributed by atoms with van der Waals surface area (Å²) in [6, 6.07) is 5.00. The van der Waals surface area contributed by atoms with Gasteiger partial charge in [0.15, 0.2) is 0 Å². The van der Waals surface area contributed by atoms with Crippen LogP contribution < -0.4 is 10.6 Å². The molecule has 1 aromatic rings. The molecule has 0 saturated heterocycles. The van der Waals surface area contributed by atoms with Gasteiger partial charge in [0.2, 0.25) is 5.91 Å². The van der Waals surface area contributed by atoms with E-state index in [1.54, 1.807) is 12.1 Å². The molecule has 1 aliphatic heterocycles. The number of nitrogens with one attached hydrogen (secondary N) is 2. The zero-order valence-electron chi connectivity index (χ0n) is 12.2. The fourth-order valence-corrected chi connectivity index (χ4v) is 3.03. The highest BCUT2D eigenvalue weighted by Crippen LogP contribution is 2.31. The van der Waals surface area contributed by atoms with Gasteiger partial charge in [-0.2, -0.15) is 0 Å². The molecular formula is C15H20N2O3S. The molecule has 0 aromatic heterocycles. The molecule has 1 unspecified atom stereocenters. The molecule has 21 heavy (non-hydrogen) atoms. The smallest absolute Gasteiger partial charge is 0.251 e. The molecule has 0 bridgehead atoms. The minimum Gasteiger partial charge on any atom is -0.394 e. The van der Waals surface area contributed by atoms with Gasteiger partial charge < -0.3 is 15.7 Å². The third kappa shape index (κ3) is 4.22. The summed E-state index contributed by atoms with van der Waals surface area (Å²) in [6.45, 7) is 4.00. The zero-order chi connectivity index (χ0) is 15.4. The molecule has 0 aliphatic carbocycles. The normalized spacial score (nSPS) is 15.3. The molecule has 0 radical (unpaired) electrons. The Morgan fingerprint density at radius 1 is 1.48 bits per heavy atom. The molecule has 1 atom stereocenters. The minimum atomic E-state index is -0.252. The van der Waals surface area contributed by atoms with Crippen molar-refractivity contribution in [1.29, 1.82) is 0 Å². The average Bonchev–Trinajstić information content (AvgIpc) is 2.45. The Kier molecular flexibility index (Phi) is 5.25. The number of aliphatic hydroxyl groups is 1. The van der Waals surface area contributed by atoms with Crippen molar-refractivity contribution in [3.8, 4) is 0 Å². The highest BCUT2D eigenvalue weighted by atomic mass is 32.2. The first-order valence-electron chi connectivity index (χ1n) is 6.98. The summed E-state index contributed by atoms with van der Waals surface area (Å²) in [7, 11) is 0.